The molecule has 56 valence electrons. The van der Waals surface area contributed by atoms with Crippen LogP contribution in [0.4, 0.5) is 0 Å². The highest BCUT2D eigenvalue weighted by molar-refractivity contribution is 4.80. The summed E-state index contributed by atoms with van der Waals surface area (Å²) < 4.78 is 10.4. The smallest absolute Gasteiger partial charge is 0.243 e. The lowest BCUT2D eigenvalue weighted by Crippen LogP contribution is -2.23. The van der Waals surface area contributed by atoms with Crippen LogP contribution >= 0.6 is 0 Å². The lowest BCUT2D eigenvalue weighted by molar-refractivity contribution is -0.0606. The zero-order valence-electron chi connectivity index (χ0n) is 5.75. The Bertz CT molecular complexity index is 133. The van der Waals surface area contributed by atoms with E-state index in [-0.39, 0.29) is 6.29 Å². The quantitative estimate of drug-likeness (QED) is 0.574. The molecule has 0 spiro atoms. The molecule has 0 saturated carbocycles. The third kappa shape index (κ3) is 0.968. The second-order valence-corrected chi connectivity index (χ2v) is 2.67. The summed E-state index contributed by atoms with van der Waals surface area (Å²) in [7, 11) is 0. The Morgan fingerprint density at radius 2 is 2.10 bits per heavy atom. The molecule has 3 nitrogen and oxygen atoms in total. The summed E-state index contributed by atoms with van der Waals surface area (Å²) in [6.45, 7) is 2.11. The first-order chi connectivity index (χ1) is 4.97. The van der Waals surface area contributed by atoms with Gasteiger partial charge in [0, 0.05) is 12.5 Å². The molecule has 1 unspecified atom stereocenters. The summed E-state index contributed by atoms with van der Waals surface area (Å²) in [6, 6.07) is 0. The van der Waals surface area contributed by atoms with Crippen molar-refractivity contribution in [1.29, 1.82) is 0 Å². The first-order valence-electron chi connectivity index (χ1n) is 3.63. The van der Waals surface area contributed by atoms with Gasteiger partial charge in [-0.2, -0.15) is 0 Å². The molecule has 2 heterocycles. The van der Waals surface area contributed by atoms with Crippen molar-refractivity contribution in [3.63, 3.8) is 0 Å². The van der Waals surface area contributed by atoms with Crippen LogP contribution in [-0.2, 0) is 9.47 Å². The minimum absolute atomic E-state index is 0.0185. The third-order valence-corrected chi connectivity index (χ3v) is 1.96. The van der Waals surface area contributed by atoms with Crippen LogP contribution in [0.5, 0.6) is 0 Å². The number of hydrogen-bond acceptors (Lipinski definition) is 3. The van der Waals surface area contributed by atoms with Gasteiger partial charge in [0.25, 0.3) is 0 Å². The summed E-state index contributed by atoms with van der Waals surface area (Å²) in [5.41, 5.74) is 0. The third-order valence-electron chi connectivity index (χ3n) is 1.96. The fourth-order valence-electron chi connectivity index (χ4n) is 1.38. The van der Waals surface area contributed by atoms with Crippen LogP contribution in [0.15, 0.2) is 12.5 Å². The molecule has 1 fully saturated rings. The van der Waals surface area contributed by atoms with Crippen LogP contribution in [0, 0.1) is 5.92 Å². The zero-order chi connectivity index (χ0) is 6.81. The average molecular weight is 141 g/mol. The van der Waals surface area contributed by atoms with Crippen LogP contribution < -0.4 is 5.32 Å². The molecule has 0 aromatic carbocycles. The molecular formula is C7H11NO2. The van der Waals surface area contributed by atoms with Gasteiger partial charge in [0.2, 0.25) is 6.29 Å². The molecule has 2 aliphatic heterocycles. The van der Waals surface area contributed by atoms with Gasteiger partial charge in [-0.1, -0.05) is 0 Å². The fourth-order valence-corrected chi connectivity index (χ4v) is 1.38. The highest BCUT2D eigenvalue weighted by Crippen LogP contribution is 2.20. The van der Waals surface area contributed by atoms with Gasteiger partial charge in [-0.3, -0.25) is 0 Å². The Labute approximate surface area is 60.0 Å². The summed E-state index contributed by atoms with van der Waals surface area (Å²) in [4.78, 5) is 0. The predicted molar refractivity (Wildman–Crippen MR) is 36.1 cm³/mol. The largest absolute Gasteiger partial charge is 0.459 e. The highest BCUT2D eigenvalue weighted by Gasteiger charge is 2.28. The molecule has 10 heavy (non-hydrogen) atoms. The van der Waals surface area contributed by atoms with Crippen molar-refractivity contribution in [3.8, 4) is 0 Å². The maximum absolute atomic E-state index is 5.19. The monoisotopic (exact) mass is 141 g/mol. The number of ether oxygens (including phenoxy) is 2. The van der Waals surface area contributed by atoms with Crippen LogP contribution in [0.2, 0.25) is 0 Å². The molecule has 1 N–H and O–H groups in total. The minimum atomic E-state index is -0.0185. The van der Waals surface area contributed by atoms with Crippen molar-refractivity contribution in [2.45, 2.75) is 12.7 Å². The maximum Gasteiger partial charge on any atom is 0.243 e. The molecular weight excluding hydrogens is 130 g/mol. The number of hydrogen-bond donors (Lipinski definition) is 1. The standard InChI is InChI=1S/C7H11NO2/c1-2-8-5-6(1)7-9-3-4-10-7/h3-4,6-8H,1-2,5H2. The highest BCUT2D eigenvalue weighted by atomic mass is 16.7. The fraction of sp³-hybridized carbons (Fsp3) is 0.714. The van der Waals surface area contributed by atoms with E-state index in [1.165, 1.54) is 0 Å². The molecule has 0 aromatic heterocycles. The molecule has 0 aliphatic carbocycles. The maximum atomic E-state index is 5.19. The van der Waals surface area contributed by atoms with E-state index in [0.29, 0.717) is 5.92 Å². The Morgan fingerprint density at radius 1 is 1.30 bits per heavy atom. The molecule has 0 bridgehead atoms. The number of rotatable bonds is 1. The topological polar surface area (TPSA) is 30.5 Å². The predicted octanol–water partition coefficient (Wildman–Crippen LogP) is 0.440. The molecule has 2 aliphatic rings. The molecule has 1 saturated heterocycles. The molecule has 2 rings (SSSR count). The Hall–Kier alpha value is -0.700. The van der Waals surface area contributed by atoms with Crippen LogP contribution in [0.3, 0.4) is 0 Å². The lowest BCUT2D eigenvalue weighted by Gasteiger charge is -2.15. The van der Waals surface area contributed by atoms with Crippen molar-refractivity contribution in [2.75, 3.05) is 13.1 Å². The minimum Gasteiger partial charge on any atom is -0.459 e. The first kappa shape index (κ1) is 6.04. The van der Waals surface area contributed by atoms with Crippen LogP contribution in [0.25, 0.3) is 0 Å². The first-order valence-corrected chi connectivity index (χ1v) is 3.63. The number of nitrogens with one attached hydrogen (secondary N) is 1. The van der Waals surface area contributed by atoms with Gasteiger partial charge in [-0.15, -0.1) is 0 Å². The molecule has 3 heteroatoms. The Morgan fingerprint density at radius 3 is 2.70 bits per heavy atom. The molecule has 0 aromatic rings. The van der Waals surface area contributed by atoms with Gasteiger partial charge >= 0.3 is 0 Å². The van der Waals surface area contributed by atoms with E-state index in [4.69, 9.17) is 9.47 Å². The van der Waals surface area contributed by atoms with Gasteiger partial charge in [-0.05, 0) is 13.0 Å². The Balaban J connectivity index is 1.87. The second-order valence-electron chi connectivity index (χ2n) is 2.67. The van der Waals surface area contributed by atoms with Gasteiger partial charge in [0.05, 0.1) is 0 Å². The van der Waals surface area contributed by atoms with Crippen molar-refractivity contribution in [1.82, 2.24) is 5.32 Å². The molecule has 0 radical (unpaired) electrons. The second kappa shape index (κ2) is 2.50. The van der Waals surface area contributed by atoms with Crippen LogP contribution in [0.1, 0.15) is 6.42 Å². The summed E-state index contributed by atoms with van der Waals surface area (Å²) in [6.07, 6.45) is 4.37. The van der Waals surface area contributed by atoms with E-state index >= 15 is 0 Å². The van der Waals surface area contributed by atoms with E-state index in [0.717, 1.165) is 19.5 Å². The van der Waals surface area contributed by atoms with E-state index in [2.05, 4.69) is 5.32 Å². The van der Waals surface area contributed by atoms with E-state index in [1.807, 2.05) is 0 Å². The van der Waals surface area contributed by atoms with E-state index in [1.54, 1.807) is 12.5 Å². The molecule has 0 amide bonds. The van der Waals surface area contributed by atoms with Gasteiger partial charge < -0.3 is 14.8 Å². The Kier molecular flexibility index (Phi) is 1.51. The molecule has 1 atom stereocenters. The summed E-state index contributed by atoms with van der Waals surface area (Å²) >= 11 is 0. The van der Waals surface area contributed by atoms with Crippen molar-refractivity contribution in [2.24, 2.45) is 5.92 Å². The van der Waals surface area contributed by atoms with Crippen molar-refractivity contribution in [3.05, 3.63) is 12.5 Å². The summed E-state index contributed by atoms with van der Waals surface area (Å²) in [5.74, 6) is 0.537. The van der Waals surface area contributed by atoms with Crippen molar-refractivity contribution >= 4 is 0 Å². The van der Waals surface area contributed by atoms with E-state index < -0.39 is 0 Å². The SMILES string of the molecule is C1=COC(C2CCNC2)O1. The lowest BCUT2D eigenvalue weighted by atomic mass is 10.1. The zero-order valence-corrected chi connectivity index (χ0v) is 5.75. The van der Waals surface area contributed by atoms with Crippen LogP contribution in [-0.4, -0.2) is 19.4 Å². The normalized spacial score (nSPS) is 32.2. The average Bonchev–Trinajstić information content (AvgIpc) is 2.59. The summed E-state index contributed by atoms with van der Waals surface area (Å²) in [5, 5.41) is 3.26. The van der Waals surface area contributed by atoms with Gasteiger partial charge in [-0.25, -0.2) is 0 Å². The van der Waals surface area contributed by atoms with Gasteiger partial charge in [0.1, 0.15) is 12.5 Å². The van der Waals surface area contributed by atoms with Crippen molar-refractivity contribution < 1.29 is 9.47 Å². The van der Waals surface area contributed by atoms with Gasteiger partial charge in [0.15, 0.2) is 0 Å². The van der Waals surface area contributed by atoms with E-state index in [9.17, 15) is 0 Å².